The van der Waals surface area contributed by atoms with E-state index in [9.17, 15) is 19.8 Å². The first-order chi connectivity index (χ1) is 16.2. The van der Waals surface area contributed by atoms with E-state index in [1.165, 1.54) is 51.4 Å². The summed E-state index contributed by atoms with van der Waals surface area (Å²) in [4.78, 5) is 23.1. The number of aliphatic hydroxyl groups excluding tert-OH is 1. The van der Waals surface area contributed by atoms with Crippen LogP contribution in [0, 0.1) is 0 Å². The summed E-state index contributed by atoms with van der Waals surface area (Å²) in [6.45, 7) is 2.39. The third-order valence-electron chi connectivity index (χ3n) is 5.90. The predicted octanol–water partition coefficient (Wildman–Crippen LogP) is 5.10. The highest BCUT2D eigenvalue weighted by Crippen LogP contribution is 2.10. The van der Waals surface area contributed by atoms with Crippen molar-refractivity contribution in [1.29, 1.82) is 0 Å². The molecule has 0 saturated heterocycles. The van der Waals surface area contributed by atoms with Gasteiger partial charge < -0.3 is 24.2 Å². The van der Waals surface area contributed by atoms with Gasteiger partial charge in [0, 0.05) is 12.8 Å². The zero-order valence-electron chi connectivity index (χ0n) is 22.3. The molecule has 0 heterocycles. The van der Waals surface area contributed by atoms with Crippen LogP contribution in [0.15, 0.2) is 12.2 Å². The highest BCUT2D eigenvalue weighted by Gasteiger charge is 2.30. The molecule has 0 amide bonds. The molecule has 7 heteroatoms. The highest BCUT2D eigenvalue weighted by molar-refractivity contribution is 5.72. The summed E-state index contributed by atoms with van der Waals surface area (Å²) in [5.74, 6) is -1.17. The summed E-state index contributed by atoms with van der Waals surface area (Å²) in [6, 6.07) is -0.574. The van der Waals surface area contributed by atoms with E-state index >= 15 is 0 Å². The number of carboxylic acids is 1. The minimum atomic E-state index is -0.905. The minimum Gasteiger partial charge on any atom is -0.477 e. The standard InChI is InChI=1S/C27H51NO6/c1-5-6-7-8-9-10-11-12-13-14-15-16-17-18-19-26(30)34-23-24(29)22-33-21-20-25(27(31)32)28(2,3)4/h13-14,24-25,29H,5-12,15-23H2,1-4H3/p+1/b14-13+. The molecule has 200 valence electrons. The van der Waals surface area contributed by atoms with Crippen LogP contribution in [0.2, 0.25) is 0 Å². The molecular weight excluding hydrogens is 434 g/mol. The number of unbranched alkanes of at least 4 members (excludes halogenated alkanes) is 10. The Kier molecular flexibility index (Phi) is 20.0. The highest BCUT2D eigenvalue weighted by atomic mass is 16.5. The number of quaternary nitrogens is 1. The van der Waals surface area contributed by atoms with E-state index in [-0.39, 0.29) is 25.8 Å². The normalized spacial score (nSPS) is 13.8. The average molecular weight is 487 g/mol. The van der Waals surface area contributed by atoms with E-state index in [1.54, 1.807) is 0 Å². The fourth-order valence-corrected chi connectivity index (χ4v) is 3.73. The largest absolute Gasteiger partial charge is 0.477 e. The molecule has 34 heavy (non-hydrogen) atoms. The fourth-order valence-electron chi connectivity index (χ4n) is 3.73. The maximum atomic E-state index is 11.8. The molecule has 0 aliphatic carbocycles. The summed E-state index contributed by atoms with van der Waals surface area (Å²) in [5, 5.41) is 19.2. The van der Waals surface area contributed by atoms with Gasteiger partial charge in [-0.1, -0.05) is 64.0 Å². The number of carbonyl (C=O) groups excluding carboxylic acids is 1. The van der Waals surface area contributed by atoms with E-state index in [2.05, 4.69) is 19.1 Å². The topological polar surface area (TPSA) is 93.1 Å². The Morgan fingerprint density at radius 2 is 1.41 bits per heavy atom. The molecule has 2 atom stereocenters. The number of aliphatic hydroxyl groups is 1. The number of carbonyl (C=O) groups is 2. The molecule has 0 aromatic heterocycles. The van der Waals surface area contributed by atoms with Gasteiger partial charge in [-0.15, -0.1) is 0 Å². The van der Waals surface area contributed by atoms with Gasteiger partial charge in [0.05, 0.1) is 34.4 Å². The third-order valence-corrected chi connectivity index (χ3v) is 5.90. The van der Waals surface area contributed by atoms with Crippen molar-refractivity contribution in [1.82, 2.24) is 0 Å². The number of hydrogen-bond acceptors (Lipinski definition) is 5. The Labute approximate surface area is 208 Å². The molecule has 0 spiro atoms. The zero-order valence-corrected chi connectivity index (χ0v) is 22.3. The second-order valence-electron chi connectivity index (χ2n) is 10.2. The Balaban J connectivity index is 3.60. The molecule has 0 rings (SSSR count). The fraction of sp³-hybridized carbons (Fsp3) is 0.852. The number of ether oxygens (including phenoxy) is 2. The summed E-state index contributed by atoms with van der Waals surface area (Å²) in [5.41, 5.74) is 0. The molecule has 2 unspecified atom stereocenters. The lowest BCUT2D eigenvalue weighted by Crippen LogP contribution is -2.50. The van der Waals surface area contributed by atoms with Crippen LogP contribution in [-0.2, 0) is 19.1 Å². The first-order valence-corrected chi connectivity index (χ1v) is 13.3. The van der Waals surface area contributed by atoms with Crippen molar-refractivity contribution in [3.8, 4) is 0 Å². The first-order valence-electron chi connectivity index (χ1n) is 13.3. The van der Waals surface area contributed by atoms with E-state index < -0.39 is 18.1 Å². The third kappa shape index (κ3) is 20.0. The molecule has 0 saturated carbocycles. The van der Waals surface area contributed by atoms with Gasteiger partial charge in [-0.25, -0.2) is 4.79 Å². The number of esters is 1. The lowest BCUT2D eigenvalue weighted by atomic mass is 10.1. The van der Waals surface area contributed by atoms with Gasteiger partial charge in [0.1, 0.15) is 12.7 Å². The van der Waals surface area contributed by atoms with Gasteiger partial charge in [-0.05, 0) is 32.1 Å². The van der Waals surface area contributed by atoms with Crippen molar-refractivity contribution in [2.24, 2.45) is 0 Å². The van der Waals surface area contributed by atoms with Crippen molar-refractivity contribution in [3.63, 3.8) is 0 Å². The van der Waals surface area contributed by atoms with Crippen molar-refractivity contribution in [2.75, 3.05) is 41.0 Å². The van der Waals surface area contributed by atoms with Crippen LogP contribution in [0.25, 0.3) is 0 Å². The molecule has 0 aliphatic rings. The molecule has 0 aromatic rings. The number of hydrogen-bond donors (Lipinski definition) is 2. The Morgan fingerprint density at radius 1 is 0.853 bits per heavy atom. The van der Waals surface area contributed by atoms with E-state index in [4.69, 9.17) is 9.47 Å². The van der Waals surface area contributed by atoms with Crippen LogP contribution in [-0.4, -0.2) is 79.7 Å². The molecule has 0 bridgehead atoms. The van der Waals surface area contributed by atoms with Gasteiger partial charge in [0.15, 0.2) is 6.04 Å². The van der Waals surface area contributed by atoms with Crippen LogP contribution in [0.4, 0.5) is 0 Å². The molecule has 0 radical (unpaired) electrons. The molecular formula is C27H52NO6+. The maximum absolute atomic E-state index is 11.8. The van der Waals surface area contributed by atoms with Crippen molar-refractivity contribution < 1.29 is 33.8 Å². The van der Waals surface area contributed by atoms with E-state index in [1.807, 2.05) is 21.1 Å². The van der Waals surface area contributed by atoms with Gasteiger partial charge in [-0.3, -0.25) is 4.79 Å². The number of nitrogens with zero attached hydrogens (tertiary/aromatic N) is 1. The van der Waals surface area contributed by atoms with Gasteiger partial charge >= 0.3 is 11.9 Å². The number of allylic oxidation sites excluding steroid dienone is 2. The predicted molar refractivity (Wildman–Crippen MR) is 137 cm³/mol. The number of carboxylic acid groups (broad SMARTS) is 1. The summed E-state index contributed by atoms with van der Waals surface area (Å²) < 4.78 is 10.8. The zero-order chi connectivity index (χ0) is 25.7. The van der Waals surface area contributed by atoms with Gasteiger partial charge in [-0.2, -0.15) is 0 Å². The Hall–Kier alpha value is -1.44. The quantitative estimate of drug-likeness (QED) is 0.0903. The summed E-state index contributed by atoms with van der Waals surface area (Å²) in [6.07, 6.45) is 18.8. The van der Waals surface area contributed by atoms with Gasteiger partial charge in [0.25, 0.3) is 0 Å². The molecule has 0 aromatic carbocycles. The SMILES string of the molecule is CCCCCCCCC/C=C/CCCCCC(=O)OCC(O)COCCC(C(=O)O)[N+](C)(C)C. The van der Waals surface area contributed by atoms with Crippen LogP contribution in [0.3, 0.4) is 0 Å². The second kappa shape index (κ2) is 20.9. The minimum absolute atomic E-state index is 0.0158. The number of aliphatic carboxylic acids is 1. The second-order valence-corrected chi connectivity index (χ2v) is 10.2. The first kappa shape index (κ1) is 32.6. The van der Waals surface area contributed by atoms with E-state index in [0.29, 0.717) is 17.3 Å². The van der Waals surface area contributed by atoms with Crippen LogP contribution >= 0.6 is 0 Å². The van der Waals surface area contributed by atoms with Crippen LogP contribution in [0.5, 0.6) is 0 Å². The summed E-state index contributed by atoms with van der Waals surface area (Å²) in [7, 11) is 5.46. The van der Waals surface area contributed by atoms with Crippen molar-refractivity contribution >= 4 is 11.9 Å². The molecule has 2 N–H and O–H groups in total. The molecule has 0 aliphatic heterocycles. The van der Waals surface area contributed by atoms with Gasteiger partial charge in [0.2, 0.25) is 0 Å². The van der Waals surface area contributed by atoms with Crippen molar-refractivity contribution in [3.05, 3.63) is 12.2 Å². The lowest BCUT2D eigenvalue weighted by molar-refractivity contribution is -0.887. The molecule has 7 nitrogen and oxygen atoms in total. The van der Waals surface area contributed by atoms with E-state index in [0.717, 1.165) is 25.7 Å². The monoisotopic (exact) mass is 486 g/mol. The lowest BCUT2D eigenvalue weighted by Gasteiger charge is -2.31. The van der Waals surface area contributed by atoms with Crippen LogP contribution < -0.4 is 0 Å². The summed E-state index contributed by atoms with van der Waals surface area (Å²) >= 11 is 0. The Morgan fingerprint density at radius 3 is 1.97 bits per heavy atom. The van der Waals surface area contributed by atoms with Crippen molar-refractivity contribution in [2.45, 2.75) is 109 Å². The number of rotatable bonds is 23. The average Bonchev–Trinajstić information content (AvgIpc) is 2.76. The Bertz CT molecular complexity index is 544. The molecule has 0 fully saturated rings. The maximum Gasteiger partial charge on any atom is 0.362 e. The smallest absolute Gasteiger partial charge is 0.362 e. The number of likely N-dealkylation sites (N-methyl/N-ethyl adjacent to an activating group) is 1. The van der Waals surface area contributed by atoms with Crippen LogP contribution in [0.1, 0.15) is 96.8 Å².